The molecule has 2 aliphatic heterocycles. The van der Waals surface area contributed by atoms with Crippen molar-refractivity contribution in [2.45, 2.75) is 38.3 Å². The Balaban J connectivity index is 1.36. The van der Waals surface area contributed by atoms with Gasteiger partial charge in [0, 0.05) is 19.1 Å². The van der Waals surface area contributed by atoms with Gasteiger partial charge in [0.1, 0.15) is 0 Å². The van der Waals surface area contributed by atoms with Gasteiger partial charge in [-0.15, -0.1) is 0 Å². The van der Waals surface area contributed by atoms with E-state index in [1.165, 1.54) is 21.9 Å². The Morgan fingerprint density at radius 3 is 2.50 bits per heavy atom. The van der Waals surface area contributed by atoms with E-state index in [1.807, 2.05) is 6.07 Å². The summed E-state index contributed by atoms with van der Waals surface area (Å²) in [7, 11) is 0. The summed E-state index contributed by atoms with van der Waals surface area (Å²) in [5.74, 6) is 0.842. The van der Waals surface area contributed by atoms with E-state index in [2.05, 4.69) is 83.5 Å². The summed E-state index contributed by atoms with van der Waals surface area (Å²) in [4.78, 5) is 18.1. The third-order valence-corrected chi connectivity index (χ3v) is 7.18. The molecule has 0 N–H and O–H groups in total. The molecule has 0 radical (unpaired) electrons. The van der Waals surface area contributed by atoms with Gasteiger partial charge in [-0.05, 0) is 60.5 Å². The molecule has 2 saturated heterocycles. The summed E-state index contributed by atoms with van der Waals surface area (Å²) in [6.45, 7) is 5.02. The summed E-state index contributed by atoms with van der Waals surface area (Å²) in [5.41, 5.74) is 2.64. The molecule has 5 rings (SSSR count). The Hall–Kier alpha value is -2.65. The van der Waals surface area contributed by atoms with Crippen LogP contribution in [0.25, 0.3) is 10.8 Å². The van der Waals surface area contributed by atoms with Gasteiger partial charge in [0.25, 0.3) is 0 Å². The average molecular weight is 399 g/mol. The normalized spacial score (nSPS) is 23.0. The predicted octanol–water partition coefficient (Wildman–Crippen LogP) is 5.07. The minimum Gasteiger partial charge on any atom is -0.341 e. The molecule has 0 spiro atoms. The molecule has 154 valence electrons. The highest BCUT2D eigenvalue weighted by molar-refractivity contribution is 5.87. The molecule has 2 aliphatic rings. The van der Waals surface area contributed by atoms with Gasteiger partial charge in [-0.2, -0.15) is 0 Å². The van der Waals surface area contributed by atoms with Crippen LogP contribution in [0.3, 0.4) is 0 Å². The highest BCUT2D eigenvalue weighted by Crippen LogP contribution is 2.39. The lowest BCUT2D eigenvalue weighted by atomic mass is 9.90. The number of amides is 1. The molecule has 3 aromatic carbocycles. The minimum atomic E-state index is 0.0310. The van der Waals surface area contributed by atoms with Gasteiger partial charge in [-0.1, -0.05) is 72.8 Å². The van der Waals surface area contributed by atoms with E-state index >= 15 is 0 Å². The van der Waals surface area contributed by atoms with Crippen molar-refractivity contribution in [3.8, 4) is 0 Å². The first-order valence-electron chi connectivity index (χ1n) is 11.3. The van der Waals surface area contributed by atoms with Crippen molar-refractivity contribution in [1.82, 2.24) is 9.80 Å². The molecule has 30 heavy (non-hydrogen) atoms. The Bertz CT molecular complexity index is 1030. The minimum absolute atomic E-state index is 0.0310. The van der Waals surface area contributed by atoms with E-state index in [4.69, 9.17) is 0 Å². The van der Waals surface area contributed by atoms with Gasteiger partial charge >= 0.3 is 0 Å². The number of rotatable bonds is 5. The molecule has 0 bridgehead atoms. The third-order valence-electron chi connectivity index (χ3n) is 7.18. The van der Waals surface area contributed by atoms with E-state index in [0.717, 1.165) is 38.9 Å². The monoisotopic (exact) mass is 398 g/mol. The van der Waals surface area contributed by atoms with Crippen molar-refractivity contribution in [3.05, 3.63) is 83.9 Å². The highest BCUT2D eigenvalue weighted by Gasteiger charge is 2.45. The van der Waals surface area contributed by atoms with Crippen LogP contribution in [0.15, 0.2) is 72.8 Å². The summed E-state index contributed by atoms with van der Waals surface area (Å²) in [6.07, 6.45) is 3.20. The number of piperidine rings is 1. The zero-order chi connectivity index (χ0) is 20.5. The zero-order valence-electron chi connectivity index (χ0n) is 17.7. The van der Waals surface area contributed by atoms with Crippen LogP contribution >= 0.6 is 0 Å². The Kier molecular flexibility index (Phi) is 5.30. The maximum absolute atomic E-state index is 13.5. The standard InChI is InChI=1S/C27H30N2O/c1-20(24-13-7-11-22-10-5-6-12-25(22)24)29-19-16-23-15-18-28(27(30)26(23)29)17-14-21-8-3-2-4-9-21/h2-13,20,23,26H,14-19H2,1H3/t20-,23-,26+/m1/s1. The molecule has 0 aliphatic carbocycles. The fraction of sp³-hybridized carbons (Fsp3) is 0.370. The van der Waals surface area contributed by atoms with Crippen molar-refractivity contribution >= 4 is 16.7 Å². The first-order chi connectivity index (χ1) is 14.7. The van der Waals surface area contributed by atoms with Crippen LogP contribution in [-0.4, -0.2) is 41.4 Å². The third kappa shape index (κ3) is 3.52. The fourth-order valence-electron chi connectivity index (χ4n) is 5.51. The first-order valence-corrected chi connectivity index (χ1v) is 11.3. The van der Waals surface area contributed by atoms with Crippen molar-refractivity contribution in [1.29, 1.82) is 0 Å². The molecule has 1 amide bonds. The van der Waals surface area contributed by atoms with E-state index < -0.39 is 0 Å². The van der Waals surface area contributed by atoms with Crippen LogP contribution in [-0.2, 0) is 11.2 Å². The van der Waals surface area contributed by atoms with Gasteiger partial charge in [0.05, 0.1) is 6.04 Å². The van der Waals surface area contributed by atoms with E-state index in [1.54, 1.807) is 0 Å². The second-order valence-corrected chi connectivity index (χ2v) is 8.83. The van der Waals surface area contributed by atoms with Crippen LogP contribution in [0.2, 0.25) is 0 Å². The Morgan fingerprint density at radius 1 is 0.900 bits per heavy atom. The highest BCUT2D eigenvalue weighted by atomic mass is 16.2. The Morgan fingerprint density at radius 2 is 1.63 bits per heavy atom. The average Bonchev–Trinajstić information content (AvgIpc) is 3.23. The van der Waals surface area contributed by atoms with Gasteiger partial charge in [-0.3, -0.25) is 9.69 Å². The number of hydrogen-bond donors (Lipinski definition) is 0. The fourth-order valence-corrected chi connectivity index (χ4v) is 5.51. The SMILES string of the molecule is C[C@H](c1cccc2ccccc12)N1CC[C@H]2CCN(CCc3ccccc3)C(=O)[C@H]21. The quantitative estimate of drug-likeness (QED) is 0.599. The molecule has 2 heterocycles. The lowest BCUT2D eigenvalue weighted by Gasteiger charge is -2.40. The van der Waals surface area contributed by atoms with Gasteiger partial charge in [-0.25, -0.2) is 0 Å². The van der Waals surface area contributed by atoms with Crippen LogP contribution in [0, 0.1) is 5.92 Å². The van der Waals surface area contributed by atoms with Crippen molar-refractivity contribution in [3.63, 3.8) is 0 Å². The van der Waals surface area contributed by atoms with E-state index in [0.29, 0.717) is 11.8 Å². The second kappa shape index (κ2) is 8.23. The summed E-state index contributed by atoms with van der Waals surface area (Å²) >= 11 is 0. The molecule has 0 aromatic heterocycles. The number of carbonyl (C=O) groups excluding carboxylic acids is 1. The molecule has 3 nitrogen and oxygen atoms in total. The summed E-state index contributed by atoms with van der Waals surface area (Å²) in [5, 5.41) is 2.58. The van der Waals surface area contributed by atoms with Gasteiger partial charge in [0.2, 0.25) is 5.91 Å². The summed E-state index contributed by atoms with van der Waals surface area (Å²) < 4.78 is 0. The van der Waals surface area contributed by atoms with Crippen LogP contribution in [0.5, 0.6) is 0 Å². The maximum atomic E-state index is 13.5. The van der Waals surface area contributed by atoms with Crippen LogP contribution in [0.1, 0.15) is 36.9 Å². The first kappa shape index (κ1) is 19.3. The van der Waals surface area contributed by atoms with Crippen molar-refractivity contribution in [2.75, 3.05) is 19.6 Å². The van der Waals surface area contributed by atoms with Gasteiger partial charge < -0.3 is 4.90 Å². The lowest BCUT2D eigenvalue weighted by molar-refractivity contribution is -0.141. The number of fused-ring (bicyclic) bond motifs is 2. The largest absolute Gasteiger partial charge is 0.341 e. The van der Waals surface area contributed by atoms with Crippen LogP contribution in [0.4, 0.5) is 0 Å². The van der Waals surface area contributed by atoms with Crippen molar-refractivity contribution in [2.24, 2.45) is 5.92 Å². The molecular weight excluding hydrogens is 368 g/mol. The molecule has 3 aromatic rings. The van der Waals surface area contributed by atoms with E-state index in [-0.39, 0.29) is 12.1 Å². The number of likely N-dealkylation sites (tertiary alicyclic amines) is 2. The molecule has 0 saturated carbocycles. The summed E-state index contributed by atoms with van der Waals surface area (Å²) in [6, 6.07) is 25.9. The molecule has 2 fully saturated rings. The molecule has 3 heteroatoms. The van der Waals surface area contributed by atoms with E-state index in [9.17, 15) is 4.79 Å². The van der Waals surface area contributed by atoms with Gasteiger partial charge in [0.15, 0.2) is 0 Å². The second-order valence-electron chi connectivity index (χ2n) is 8.83. The van der Waals surface area contributed by atoms with Crippen LogP contribution < -0.4 is 0 Å². The van der Waals surface area contributed by atoms with Crippen molar-refractivity contribution < 1.29 is 4.79 Å². The number of benzene rings is 3. The molecule has 3 atom stereocenters. The number of nitrogens with zero attached hydrogens (tertiary/aromatic N) is 2. The predicted molar refractivity (Wildman–Crippen MR) is 122 cm³/mol. The Labute approximate surface area is 179 Å². The smallest absolute Gasteiger partial charge is 0.240 e. The molecule has 0 unspecified atom stereocenters. The topological polar surface area (TPSA) is 23.6 Å². The zero-order valence-corrected chi connectivity index (χ0v) is 17.7. The molecular formula is C27H30N2O. The number of carbonyl (C=O) groups is 1. The maximum Gasteiger partial charge on any atom is 0.240 e. The number of hydrogen-bond acceptors (Lipinski definition) is 2. The lowest BCUT2D eigenvalue weighted by Crippen LogP contribution is -2.53.